The number of nitrogens with zero attached hydrogens (tertiary/aromatic N) is 3. The molecule has 2 aromatic rings. The third-order valence-electron chi connectivity index (χ3n) is 4.51. The maximum Gasteiger partial charge on any atom is 0.339 e. The predicted molar refractivity (Wildman–Crippen MR) is 119 cm³/mol. The van der Waals surface area contributed by atoms with Crippen molar-refractivity contribution in [2.45, 2.75) is 6.92 Å². The van der Waals surface area contributed by atoms with Crippen molar-refractivity contribution in [3.8, 4) is 0 Å². The van der Waals surface area contributed by atoms with Gasteiger partial charge < -0.3 is 19.9 Å². The van der Waals surface area contributed by atoms with E-state index < -0.39 is 5.97 Å². The molecule has 1 aliphatic rings. The first-order chi connectivity index (χ1) is 13.4. The lowest BCUT2D eigenvalue weighted by molar-refractivity contribution is 0.0601. The molecule has 1 aliphatic heterocycles. The van der Waals surface area contributed by atoms with Crippen LogP contribution in [-0.4, -0.2) is 54.3 Å². The molecule has 3 rings (SSSR count). The van der Waals surface area contributed by atoms with E-state index in [1.807, 2.05) is 6.20 Å². The van der Waals surface area contributed by atoms with Gasteiger partial charge in [-0.05, 0) is 64.9 Å². The summed E-state index contributed by atoms with van der Waals surface area (Å²) in [6.45, 7) is 5.31. The lowest BCUT2D eigenvalue weighted by Gasteiger charge is -2.37. The van der Waals surface area contributed by atoms with Gasteiger partial charge >= 0.3 is 5.97 Å². The molecular formula is C19H20BrClN4O2S. The Labute approximate surface area is 182 Å². The third kappa shape index (κ3) is 4.74. The number of carbonyl (C=O) groups is 1. The first-order valence-electron chi connectivity index (χ1n) is 8.70. The fourth-order valence-electron chi connectivity index (χ4n) is 3.06. The second-order valence-electron chi connectivity index (χ2n) is 6.38. The van der Waals surface area contributed by atoms with E-state index in [1.54, 1.807) is 18.2 Å². The number of esters is 1. The fraction of sp³-hybridized carbons (Fsp3) is 0.316. The molecule has 148 valence electrons. The van der Waals surface area contributed by atoms with E-state index in [1.165, 1.54) is 7.11 Å². The minimum atomic E-state index is -0.466. The summed E-state index contributed by atoms with van der Waals surface area (Å²) in [7, 11) is 1.32. The number of nitrogens with one attached hydrogen (secondary N) is 1. The molecule has 1 aromatic heterocycles. The zero-order chi connectivity index (χ0) is 20.3. The summed E-state index contributed by atoms with van der Waals surface area (Å²) in [5.41, 5.74) is 2.20. The van der Waals surface area contributed by atoms with Crippen LogP contribution in [0.1, 0.15) is 15.9 Å². The smallest absolute Gasteiger partial charge is 0.339 e. The van der Waals surface area contributed by atoms with Gasteiger partial charge in [0.05, 0.1) is 17.7 Å². The number of anilines is 2. The number of piperazine rings is 1. The van der Waals surface area contributed by atoms with Crippen molar-refractivity contribution in [2.75, 3.05) is 43.5 Å². The number of hydrogen-bond acceptors (Lipinski definition) is 5. The standard InChI is InChI=1S/C19H20BrClN4O2S/c1-12-9-13(20)11-22-17(12)24-5-7-25(8-6-24)19(28)23-14-3-4-15(16(21)10-14)18(26)27-2/h3-4,9-11H,5-8H2,1-2H3,(H,23,28). The number of aryl methyl sites for hydroxylation is 1. The maximum atomic E-state index is 11.6. The van der Waals surface area contributed by atoms with E-state index in [0.717, 1.165) is 47.7 Å². The van der Waals surface area contributed by atoms with Crippen molar-refractivity contribution >= 4 is 62.3 Å². The Kier molecular flexibility index (Phi) is 6.74. The van der Waals surface area contributed by atoms with Crippen LogP contribution in [0.4, 0.5) is 11.5 Å². The molecule has 1 N–H and O–H groups in total. The zero-order valence-corrected chi connectivity index (χ0v) is 18.7. The van der Waals surface area contributed by atoms with Gasteiger partial charge in [0, 0.05) is 42.5 Å². The van der Waals surface area contributed by atoms with E-state index >= 15 is 0 Å². The molecule has 6 nitrogen and oxygen atoms in total. The number of methoxy groups -OCH3 is 1. The summed E-state index contributed by atoms with van der Waals surface area (Å²) >= 11 is 15.2. The number of aromatic nitrogens is 1. The molecule has 1 aromatic carbocycles. The molecule has 28 heavy (non-hydrogen) atoms. The van der Waals surface area contributed by atoms with Crippen molar-refractivity contribution < 1.29 is 9.53 Å². The van der Waals surface area contributed by atoms with Crippen LogP contribution in [0, 0.1) is 6.92 Å². The predicted octanol–water partition coefficient (Wildman–Crippen LogP) is 4.11. The van der Waals surface area contributed by atoms with Crippen LogP contribution in [0.25, 0.3) is 0 Å². The number of benzene rings is 1. The van der Waals surface area contributed by atoms with Gasteiger partial charge in [-0.25, -0.2) is 9.78 Å². The van der Waals surface area contributed by atoms with Crippen LogP contribution in [0.5, 0.6) is 0 Å². The molecule has 0 radical (unpaired) electrons. The summed E-state index contributed by atoms with van der Waals surface area (Å²) < 4.78 is 5.69. The molecule has 0 unspecified atom stereocenters. The van der Waals surface area contributed by atoms with Crippen molar-refractivity contribution in [2.24, 2.45) is 0 Å². The van der Waals surface area contributed by atoms with Crippen LogP contribution in [0.3, 0.4) is 0 Å². The molecular weight excluding hydrogens is 464 g/mol. The van der Waals surface area contributed by atoms with E-state index in [2.05, 4.69) is 49.0 Å². The first-order valence-corrected chi connectivity index (χ1v) is 10.3. The van der Waals surface area contributed by atoms with Gasteiger partial charge in [-0.2, -0.15) is 0 Å². The average molecular weight is 484 g/mol. The van der Waals surface area contributed by atoms with Gasteiger partial charge in [0.1, 0.15) is 5.82 Å². The Hall–Kier alpha value is -1.90. The van der Waals surface area contributed by atoms with Crippen LogP contribution in [0.2, 0.25) is 5.02 Å². The second kappa shape index (κ2) is 9.07. The number of hydrogen-bond donors (Lipinski definition) is 1. The third-order valence-corrected chi connectivity index (χ3v) is 5.62. The minimum Gasteiger partial charge on any atom is -0.465 e. The Bertz CT molecular complexity index is 903. The lowest BCUT2D eigenvalue weighted by atomic mass is 10.2. The number of rotatable bonds is 3. The summed E-state index contributed by atoms with van der Waals surface area (Å²) in [6.07, 6.45) is 1.82. The maximum absolute atomic E-state index is 11.6. The number of ether oxygens (including phenoxy) is 1. The average Bonchev–Trinajstić information content (AvgIpc) is 2.68. The minimum absolute atomic E-state index is 0.321. The topological polar surface area (TPSA) is 57.7 Å². The Morgan fingerprint density at radius 2 is 2.00 bits per heavy atom. The molecule has 0 saturated carbocycles. The normalized spacial score (nSPS) is 14.0. The number of thiocarbonyl (C=S) groups is 1. The van der Waals surface area contributed by atoms with Crippen LogP contribution in [-0.2, 0) is 4.74 Å². The summed E-state index contributed by atoms with van der Waals surface area (Å²) in [4.78, 5) is 20.5. The highest BCUT2D eigenvalue weighted by Crippen LogP contribution is 2.24. The highest BCUT2D eigenvalue weighted by atomic mass is 79.9. The fourth-order valence-corrected chi connectivity index (χ4v) is 4.06. The summed E-state index contributed by atoms with van der Waals surface area (Å²) in [6, 6.07) is 7.13. The van der Waals surface area contributed by atoms with Crippen LogP contribution >= 0.6 is 39.7 Å². The molecule has 0 amide bonds. The number of halogens is 2. The molecule has 1 saturated heterocycles. The van der Waals surface area contributed by atoms with Crippen molar-refractivity contribution in [1.82, 2.24) is 9.88 Å². The zero-order valence-electron chi connectivity index (χ0n) is 15.5. The molecule has 1 fully saturated rings. The van der Waals surface area contributed by atoms with Gasteiger partial charge in [-0.3, -0.25) is 0 Å². The van der Waals surface area contributed by atoms with Crippen molar-refractivity contribution in [1.29, 1.82) is 0 Å². The van der Waals surface area contributed by atoms with Gasteiger partial charge in [0.2, 0.25) is 0 Å². The largest absolute Gasteiger partial charge is 0.465 e. The first kappa shape index (κ1) is 20.8. The van der Waals surface area contributed by atoms with Gasteiger partial charge in [0.25, 0.3) is 0 Å². The highest BCUT2D eigenvalue weighted by Gasteiger charge is 2.21. The summed E-state index contributed by atoms with van der Waals surface area (Å²) in [5, 5.41) is 4.14. The van der Waals surface area contributed by atoms with E-state index in [-0.39, 0.29) is 0 Å². The quantitative estimate of drug-likeness (QED) is 0.521. The highest BCUT2D eigenvalue weighted by molar-refractivity contribution is 9.10. The number of carbonyl (C=O) groups excluding carboxylic acids is 1. The monoisotopic (exact) mass is 482 g/mol. The molecule has 0 aliphatic carbocycles. The Morgan fingerprint density at radius 1 is 1.29 bits per heavy atom. The van der Waals surface area contributed by atoms with Crippen molar-refractivity contribution in [3.63, 3.8) is 0 Å². The number of pyridine rings is 1. The van der Waals surface area contributed by atoms with E-state index in [9.17, 15) is 4.79 Å². The molecule has 0 spiro atoms. The van der Waals surface area contributed by atoms with Crippen LogP contribution < -0.4 is 10.2 Å². The lowest BCUT2D eigenvalue weighted by Crippen LogP contribution is -2.50. The van der Waals surface area contributed by atoms with Gasteiger partial charge in [-0.15, -0.1) is 0 Å². The van der Waals surface area contributed by atoms with Gasteiger partial charge in [0.15, 0.2) is 5.11 Å². The van der Waals surface area contributed by atoms with Crippen LogP contribution in [0.15, 0.2) is 34.9 Å². The SMILES string of the molecule is COC(=O)c1ccc(NC(=S)N2CCN(c3ncc(Br)cc3C)CC2)cc1Cl. The molecule has 0 atom stereocenters. The van der Waals surface area contributed by atoms with E-state index in [4.69, 9.17) is 28.6 Å². The molecule has 0 bridgehead atoms. The van der Waals surface area contributed by atoms with Crippen molar-refractivity contribution in [3.05, 3.63) is 51.1 Å². The molecule has 9 heteroatoms. The second-order valence-corrected chi connectivity index (χ2v) is 8.09. The molecule has 2 heterocycles. The van der Waals surface area contributed by atoms with Gasteiger partial charge in [-0.1, -0.05) is 11.6 Å². The summed E-state index contributed by atoms with van der Waals surface area (Å²) in [5.74, 6) is 0.541. The Balaban J connectivity index is 1.59. The van der Waals surface area contributed by atoms with E-state index in [0.29, 0.717) is 15.7 Å². The Morgan fingerprint density at radius 3 is 2.61 bits per heavy atom.